The molecule has 1 unspecified atom stereocenters. The molecule has 1 heterocycles. The van der Waals surface area contributed by atoms with Crippen molar-refractivity contribution < 1.29 is 24.2 Å². The van der Waals surface area contributed by atoms with Crippen LogP contribution in [0.2, 0.25) is 0 Å². The number of aliphatic carboxylic acids is 1. The molecule has 0 aromatic heterocycles. The Labute approximate surface area is 123 Å². The molecule has 1 aromatic rings. The van der Waals surface area contributed by atoms with Crippen molar-refractivity contribution >= 4 is 11.8 Å². The van der Waals surface area contributed by atoms with Crippen LogP contribution in [-0.2, 0) is 25.5 Å². The molecule has 21 heavy (non-hydrogen) atoms. The highest BCUT2D eigenvalue weighted by molar-refractivity contribution is 5.99. The Hall–Kier alpha value is -1.72. The van der Waals surface area contributed by atoms with Gasteiger partial charge in [0, 0.05) is 6.42 Å². The summed E-state index contributed by atoms with van der Waals surface area (Å²) < 4.78 is 10.6. The molecular weight excluding hydrogens is 272 g/mol. The standard InChI is InChI=1S/C16H20O5/c17-14(11-12-5-2-1-3-6-12)13(16(18)19)7-4-8-15-20-9-10-21-15/h1-3,5-6,13,15H,4,7-11H2,(H,18,19). The lowest BCUT2D eigenvalue weighted by molar-refractivity contribution is -0.146. The number of Topliss-reactive ketones (excluding diaryl/α,β-unsaturated/α-hetero) is 1. The first-order valence-corrected chi connectivity index (χ1v) is 7.19. The maximum atomic E-state index is 12.1. The Morgan fingerprint density at radius 1 is 1.19 bits per heavy atom. The minimum Gasteiger partial charge on any atom is -0.481 e. The van der Waals surface area contributed by atoms with Gasteiger partial charge in [0.05, 0.1) is 13.2 Å². The topological polar surface area (TPSA) is 72.8 Å². The number of carbonyl (C=O) groups excluding carboxylic acids is 1. The van der Waals surface area contributed by atoms with E-state index in [0.29, 0.717) is 32.5 Å². The van der Waals surface area contributed by atoms with Crippen molar-refractivity contribution in [2.45, 2.75) is 32.0 Å². The lowest BCUT2D eigenvalue weighted by atomic mass is 9.93. The highest BCUT2D eigenvalue weighted by atomic mass is 16.7. The molecule has 0 spiro atoms. The first-order valence-electron chi connectivity index (χ1n) is 7.19. The molecule has 114 valence electrons. The summed E-state index contributed by atoms with van der Waals surface area (Å²) in [7, 11) is 0. The molecule has 5 nitrogen and oxygen atoms in total. The molecule has 0 amide bonds. The van der Waals surface area contributed by atoms with E-state index in [2.05, 4.69) is 0 Å². The van der Waals surface area contributed by atoms with Crippen molar-refractivity contribution in [3.63, 3.8) is 0 Å². The van der Waals surface area contributed by atoms with Crippen LogP contribution in [0.1, 0.15) is 24.8 Å². The first kappa shape index (κ1) is 15.7. The maximum absolute atomic E-state index is 12.1. The van der Waals surface area contributed by atoms with Crippen LogP contribution >= 0.6 is 0 Å². The molecule has 0 radical (unpaired) electrons. The fourth-order valence-electron chi connectivity index (χ4n) is 2.40. The Morgan fingerprint density at radius 2 is 1.86 bits per heavy atom. The molecule has 1 N–H and O–H groups in total. The molecular formula is C16H20O5. The Morgan fingerprint density at radius 3 is 2.48 bits per heavy atom. The van der Waals surface area contributed by atoms with Gasteiger partial charge in [-0.05, 0) is 24.8 Å². The van der Waals surface area contributed by atoms with Crippen LogP contribution in [0.5, 0.6) is 0 Å². The van der Waals surface area contributed by atoms with Crippen LogP contribution in [0.4, 0.5) is 0 Å². The van der Waals surface area contributed by atoms with Gasteiger partial charge < -0.3 is 14.6 Å². The van der Waals surface area contributed by atoms with Gasteiger partial charge in [0.1, 0.15) is 5.92 Å². The van der Waals surface area contributed by atoms with Gasteiger partial charge >= 0.3 is 5.97 Å². The van der Waals surface area contributed by atoms with Crippen LogP contribution in [-0.4, -0.2) is 36.4 Å². The average Bonchev–Trinajstić information content (AvgIpc) is 2.97. The maximum Gasteiger partial charge on any atom is 0.314 e. The Bertz CT molecular complexity index is 465. The normalized spacial score (nSPS) is 16.8. The number of hydrogen-bond donors (Lipinski definition) is 1. The second kappa shape index (κ2) is 7.90. The summed E-state index contributed by atoms with van der Waals surface area (Å²) in [6.07, 6.45) is 1.46. The van der Waals surface area contributed by atoms with Gasteiger partial charge in [0.15, 0.2) is 12.1 Å². The molecule has 1 atom stereocenters. The molecule has 1 aliphatic heterocycles. The van der Waals surface area contributed by atoms with E-state index in [1.807, 2.05) is 30.3 Å². The second-order valence-corrected chi connectivity index (χ2v) is 5.12. The highest BCUT2D eigenvalue weighted by Gasteiger charge is 2.26. The van der Waals surface area contributed by atoms with Crippen molar-refractivity contribution in [2.24, 2.45) is 5.92 Å². The molecule has 1 fully saturated rings. The zero-order chi connectivity index (χ0) is 15.1. The minimum absolute atomic E-state index is 0.161. The van der Waals surface area contributed by atoms with E-state index in [9.17, 15) is 14.7 Å². The van der Waals surface area contributed by atoms with Gasteiger partial charge in [0.2, 0.25) is 0 Å². The summed E-state index contributed by atoms with van der Waals surface area (Å²) in [4.78, 5) is 23.4. The summed E-state index contributed by atoms with van der Waals surface area (Å²) in [6.45, 7) is 1.17. The minimum atomic E-state index is -1.05. The molecule has 1 saturated heterocycles. The third-order valence-corrected chi connectivity index (χ3v) is 3.53. The number of carbonyl (C=O) groups is 2. The number of ketones is 1. The molecule has 5 heteroatoms. The van der Waals surface area contributed by atoms with Crippen molar-refractivity contribution in [1.29, 1.82) is 0 Å². The van der Waals surface area contributed by atoms with Crippen LogP contribution in [0.25, 0.3) is 0 Å². The Balaban J connectivity index is 1.82. The molecule has 0 bridgehead atoms. The largest absolute Gasteiger partial charge is 0.481 e. The van der Waals surface area contributed by atoms with E-state index >= 15 is 0 Å². The third-order valence-electron chi connectivity index (χ3n) is 3.53. The fourth-order valence-corrected chi connectivity index (χ4v) is 2.40. The van der Waals surface area contributed by atoms with Gasteiger partial charge in [-0.15, -0.1) is 0 Å². The van der Waals surface area contributed by atoms with Gasteiger partial charge in [-0.3, -0.25) is 9.59 Å². The number of rotatable bonds is 8. The first-order chi connectivity index (χ1) is 10.2. The van der Waals surface area contributed by atoms with Crippen molar-refractivity contribution in [2.75, 3.05) is 13.2 Å². The van der Waals surface area contributed by atoms with Gasteiger partial charge in [-0.2, -0.15) is 0 Å². The van der Waals surface area contributed by atoms with Gasteiger partial charge in [-0.1, -0.05) is 30.3 Å². The monoisotopic (exact) mass is 292 g/mol. The SMILES string of the molecule is O=C(O)C(CCCC1OCCO1)C(=O)Cc1ccccc1. The van der Waals surface area contributed by atoms with Crippen molar-refractivity contribution in [3.8, 4) is 0 Å². The van der Waals surface area contributed by atoms with E-state index in [1.165, 1.54) is 0 Å². The van der Waals surface area contributed by atoms with Gasteiger partial charge in [-0.25, -0.2) is 0 Å². The summed E-state index contributed by atoms with van der Waals surface area (Å²) in [5.74, 6) is -2.25. The van der Waals surface area contributed by atoms with E-state index in [1.54, 1.807) is 0 Å². The smallest absolute Gasteiger partial charge is 0.314 e. The Kier molecular flexibility index (Phi) is 5.90. The zero-order valence-corrected chi connectivity index (χ0v) is 11.9. The summed E-state index contributed by atoms with van der Waals surface area (Å²) >= 11 is 0. The fraction of sp³-hybridized carbons (Fsp3) is 0.500. The molecule has 0 saturated carbocycles. The number of hydrogen-bond acceptors (Lipinski definition) is 4. The van der Waals surface area contributed by atoms with Crippen LogP contribution in [0.15, 0.2) is 30.3 Å². The predicted molar refractivity (Wildman–Crippen MR) is 75.8 cm³/mol. The molecule has 1 aromatic carbocycles. The van der Waals surface area contributed by atoms with Crippen molar-refractivity contribution in [3.05, 3.63) is 35.9 Å². The average molecular weight is 292 g/mol. The predicted octanol–water partition coefficient (Wildman–Crippen LogP) is 2.04. The summed E-state index contributed by atoms with van der Waals surface area (Å²) in [6, 6.07) is 9.21. The van der Waals surface area contributed by atoms with E-state index in [0.717, 1.165) is 5.56 Å². The van der Waals surface area contributed by atoms with E-state index < -0.39 is 11.9 Å². The quantitative estimate of drug-likeness (QED) is 0.742. The van der Waals surface area contributed by atoms with Crippen LogP contribution < -0.4 is 0 Å². The summed E-state index contributed by atoms with van der Waals surface area (Å²) in [5, 5.41) is 9.23. The summed E-state index contributed by atoms with van der Waals surface area (Å²) in [5.41, 5.74) is 0.844. The van der Waals surface area contributed by atoms with Gasteiger partial charge in [0.25, 0.3) is 0 Å². The van der Waals surface area contributed by atoms with Crippen LogP contribution in [0.3, 0.4) is 0 Å². The zero-order valence-electron chi connectivity index (χ0n) is 11.9. The lowest BCUT2D eigenvalue weighted by Gasteiger charge is -2.13. The molecule has 1 aliphatic rings. The number of carboxylic acids is 1. The van der Waals surface area contributed by atoms with Crippen LogP contribution in [0, 0.1) is 5.92 Å². The lowest BCUT2D eigenvalue weighted by Crippen LogP contribution is -2.25. The van der Waals surface area contributed by atoms with E-state index in [4.69, 9.17) is 9.47 Å². The van der Waals surface area contributed by atoms with Crippen molar-refractivity contribution in [1.82, 2.24) is 0 Å². The number of carboxylic acid groups (broad SMARTS) is 1. The molecule has 0 aliphatic carbocycles. The third kappa shape index (κ3) is 4.95. The highest BCUT2D eigenvalue weighted by Crippen LogP contribution is 2.17. The number of ether oxygens (including phenoxy) is 2. The van der Waals surface area contributed by atoms with E-state index in [-0.39, 0.29) is 18.5 Å². The second-order valence-electron chi connectivity index (χ2n) is 5.12. The molecule has 2 rings (SSSR count). The number of benzene rings is 1.